The number of carbonyl (C=O) groups excluding carboxylic acids is 2. The number of nitrogens with one attached hydrogen (secondary N) is 1. The van der Waals surface area contributed by atoms with Gasteiger partial charge in [0, 0.05) is 6.42 Å². The molecule has 1 amide bonds. The fourth-order valence-electron chi connectivity index (χ4n) is 1.29. The number of amides is 1. The molecule has 1 heterocycles. The van der Waals surface area contributed by atoms with E-state index in [0.717, 1.165) is 0 Å². The third-order valence-corrected chi connectivity index (χ3v) is 2.31. The summed E-state index contributed by atoms with van der Waals surface area (Å²) < 4.78 is 4.41. The maximum atomic E-state index is 11.7. The molecule has 0 aliphatic heterocycles. The van der Waals surface area contributed by atoms with Gasteiger partial charge in [-0.1, -0.05) is 0 Å². The highest BCUT2D eigenvalue weighted by atomic mass is 16.5. The van der Waals surface area contributed by atoms with Gasteiger partial charge in [0.1, 0.15) is 6.04 Å². The monoisotopic (exact) mass is 267 g/mol. The van der Waals surface area contributed by atoms with Crippen molar-refractivity contribution in [2.45, 2.75) is 18.9 Å². The van der Waals surface area contributed by atoms with Gasteiger partial charge in [-0.3, -0.25) is 9.59 Å². The highest BCUT2D eigenvalue weighted by Crippen LogP contribution is 2.02. The molecule has 19 heavy (non-hydrogen) atoms. The second-order valence-electron chi connectivity index (χ2n) is 3.61. The van der Waals surface area contributed by atoms with Crippen molar-refractivity contribution in [3.63, 3.8) is 0 Å². The van der Waals surface area contributed by atoms with Crippen LogP contribution in [0, 0.1) is 0 Å². The van der Waals surface area contributed by atoms with Crippen molar-refractivity contribution in [1.29, 1.82) is 0 Å². The van der Waals surface area contributed by atoms with Crippen LogP contribution in [0.2, 0.25) is 0 Å². The second-order valence-corrected chi connectivity index (χ2v) is 3.61. The average molecular weight is 267 g/mol. The lowest BCUT2D eigenvalue weighted by atomic mass is 10.1. The lowest BCUT2D eigenvalue weighted by molar-refractivity contribution is -0.142. The standard InChI is InChI=1S/C11H13N3O5/c1-19-9(15)3-2-8(11(17)18)14-10(16)7-4-5-12-13-6-7/h4-6,8H,2-3H2,1H3,(H,14,16)(H,17,18). The minimum Gasteiger partial charge on any atom is -0.480 e. The van der Waals surface area contributed by atoms with Crippen LogP contribution in [0.15, 0.2) is 18.5 Å². The van der Waals surface area contributed by atoms with Gasteiger partial charge in [0.25, 0.3) is 5.91 Å². The number of aromatic nitrogens is 2. The topological polar surface area (TPSA) is 118 Å². The van der Waals surface area contributed by atoms with E-state index in [0.29, 0.717) is 0 Å². The first-order valence-electron chi connectivity index (χ1n) is 5.41. The number of nitrogens with zero attached hydrogens (tertiary/aromatic N) is 2. The Morgan fingerprint density at radius 2 is 2.16 bits per heavy atom. The minimum absolute atomic E-state index is 0.0493. The van der Waals surface area contributed by atoms with E-state index in [2.05, 4.69) is 20.3 Å². The summed E-state index contributed by atoms with van der Waals surface area (Å²) in [5.74, 6) is -2.35. The van der Waals surface area contributed by atoms with E-state index >= 15 is 0 Å². The number of ether oxygens (including phenoxy) is 1. The lowest BCUT2D eigenvalue weighted by Gasteiger charge is -2.13. The maximum Gasteiger partial charge on any atom is 0.326 e. The molecule has 0 aliphatic rings. The zero-order valence-corrected chi connectivity index (χ0v) is 10.2. The molecule has 0 aliphatic carbocycles. The zero-order chi connectivity index (χ0) is 14.3. The van der Waals surface area contributed by atoms with Crippen LogP contribution < -0.4 is 5.32 Å². The number of carboxylic acid groups (broad SMARTS) is 1. The summed E-state index contributed by atoms with van der Waals surface area (Å²) >= 11 is 0. The Labute approximate surface area is 108 Å². The van der Waals surface area contributed by atoms with Gasteiger partial charge in [-0.25, -0.2) is 4.79 Å². The molecule has 0 saturated carbocycles. The number of esters is 1. The Balaban J connectivity index is 2.61. The number of methoxy groups -OCH3 is 1. The van der Waals surface area contributed by atoms with Gasteiger partial charge >= 0.3 is 11.9 Å². The Morgan fingerprint density at radius 3 is 2.68 bits per heavy atom. The van der Waals surface area contributed by atoms with Crippen LogP contribution in [0.4, 0.5) is 0 Å². The second kappa shape index (κ2) is 7.04. The van der Waals surface area contributed by atoms with Crippen LogP contribution >= 0.6 is 0 Å². The summed E-state index contributed by atoms with van der Waals surface area (Å²) in [6.45, 7) is 0. The number of aliphatic carboxylic acids is 1. The molecule has 0 spiro atoms. The fraction of sp³-hybridized carbons (Fsp3) is 0.364. The number of rotatable bonds is 6. The number of carboxylic acids is 1. The van der Waals surface area contributed by atoms with Crippen LogP contribution in [-0.4, -0.2) is 46.3 Å². The Kier molecular flexibility index (Phi) is 5.39. The fourth-order valence-corrected chi connectivity index (χ4v) is 1.29. The van der Waals surface area contributed by atoms with Crippen molar-refractivity contribution in [2.24, 2.45) is 0 Å². The van der Waals surface area contributed by atoms with E-state index in [9.17, 15) is 14.4 Å². The van der Waals surface area contributed by atoms with E-state index in [1.54, 1.807) is 0 Å². The molecule has 0 aromatic carbocycles. The first kappa shape index (κ1) is 14.6. The molecule has 0 radical (unpaired) electrons. The maximum absolute atomic E-state index is 11.7. The van der Waals surface area contributed by atoms with Gasteiger partial charge in [0.15, 0.2) is 0 Å². The molecule has 1 rings (SSSR count). The SMILES string of the molecule is COC(=O)CCC(NC(=O)c1ccnnc1)C(=O)O. The summed E-state index contributed by atoms with van der Waals surface area (Å²) in [5, 5.41) is 18.3. The van der Waals surface area contributed by atoms with Crippen molar-refractivity contribution in [1.82, 2.24) is 15.5 Å². The van der Waals surface area contributed by atoms with Crippen LogP contribution in [-0.2, 0) is 14.3 Å². The van der Waals surface area contributed by atoms with E-state index in [1.165, 1.54) is 25.6 Å². The molecule has 1 aromatic rings. The normalized spacial score (nSPS) is 11.4. The average Bonchev–Trinajstić information content (AvgIpc) is 2.43. The predicted octanol–water partition coefficient (Wildman–Crippen LogP) is -0.387. The van der Waals surface area contributed by atoms with E-state index in [4.69, 9.17) is 5.11 Å². The molecule has 2 N–H and O–H groups in total. The summed E-state index contributed by atoms with van der Waals surface area (Å²) in [6.07, 6.45) is 2.39. The van der Waals surface area contributed by atoms with E-state index in [1.807, 2.05) is 0 Å². The van der Waals surface area contributed by atoms with Crippen LogP contribution in [0.3, 0.4) is 0 Å². The summed E-state index contributed by atoms with van der Waals surface area (Å²) in [7, 11) is 1.21. The van der Waals surface area contributed by atoms with E-state index < -0.39 is 23.9 Å². The third kappa shape index (κ3) is 4.70. The van der Waals surface area contributed by atoms with Gasteiger partial charge in [0.2, 0.25) is 0 Å². The highest BCUT2D eigenvalue weighted by molar-refractivity contribution is 5.96. The third-order valence-electron chi connectivity index (χ3n) is 2.31. The zero-order valence-electron chi connectivity index (χ0n) is 10.2. The Hall–Kier alpha value is -2.51. The molecule has 102 valence electrons. The van der Waals surface area contributed by atoms with Crippen molar-refractivity contribution in [3.8, 4) is 0 Å². The molecule has 0 saturated heterocycles. The number of hydrogen-bond acceptors (Lipinski definition) is 6. The smallest absolute Gasteiger partial charge is 0.326 e. The van der Waals surface area contributed by atoms with Crippen molar-refractivity contribution < 1.29 is 24.2 Å². The van der Waals surface area contributed by atoms with E-state index in [-0.39, 0.29) is 18.4 Å². The summed E-state index contributed by atoms with van der Waals surface area (Å²) in [5.41, 5.74) is 0.194. The highest BCUT2D eigenvalue weighted by Gasteiger charge is 2.21. The number of hydrogen-bond donors (Lipinski definition) is 2. The van der Waals surface area contributed by atoms with Crippen LogP contribution in [0.25, 0.3) is 0 Å². The largest absolute Gasteiger partial charge is 0.480 e. The first-order chi connectivity index (χ1) is 9.04. The molecular formula is C11H13N3O5. The van der Waals surface area contributed by atoms with Crippen LogP contribution in [0.1, 0.15) is 23.2 Å². The van der Waals surface area contributed by atoms with Gasteiger partial charge in [-0.05, 0) is 12.5 Å². The van der Waals surface area contributed by atoms with Crippen molar-refractivity contribution in [3.05, 3.63) is 24.0 Å². The molecule has 1 aromatic heterocycles. The Morgan fingerprint density at radius 1 is 1.42 bits per heavy atom. The first-order valence-corrected chi connectivity index (χ1v) is 5.41. The minimum atomic E-state index is -1.22. The molecule has 1 unspecified atom stereocenters. The summed E-state index contributed by atoms with van der Waals surface area (Å²) in [6, 6.07) is 0.237. The summed E-state index contributed by atoms with van der Waals surface area (Å²) in [4.78, 5) is 33.6. The van der Waals surface area contributed by atoms with Gasteiger partial charge in [0.05, 0.1) is 25.1 Å². The van der Waals surface area contributed by atoms with Gasteiger partial charge in [-0.2, -0.15) is 10.2 Å². The molecule has 0 fully saturated rings. The van der Waals surface area contributed by atoms with Crippen molar-refractivity contribution in [2.75, 3.05) is 7.11 Å². The van der Waals surface area contributed by atoms with Crippen molar-refractivity contribution >= 4 is 17.8 Å². The lowest BCUT2D eigenvalue weighted by Crippen LogP contribution is -2.41. The van der Waals surface area contributed by atoms with Crippen LogP contribution in [0.5, 0.6) is 0 Å². The molecule has 8 heteroatoms. The molecule has 8 nitrogen and oxygen atoms in total. The number of carbonyl (C=O) groups is 3. The molecule has 1 atom stereocenters. The van der Waals surface area contributed by atoms with Gasteiger partial charge < -0.3 is 15.2 Å². The molecular weight excluding hydrogens is 254 g/mol. The Bertz CT molecular complexity index is 463. The molecule has 0 bridgehead atoms. The quantitative estimate of drug-likeness (QED) is 0.674. The predicted molar refractivity (Wildman–Crippen MR) is 62.2 cm³/mol. The van der Waals surface area contributed by atoms with Gasteiger partial charge in [-0.15, -0.1) is 0 Å².